The molecule has 0 aliphatic carbocycles. The van der Waals surface area contributed by atoms with Gasteiger partial charge in [0, 0.05) is 23.7 Å². The lowest BCUT2D eigenvalue weighted by molar-refractivity contribution is -0.137. The van der Waals surface area contributed by atoms with Crippen molar-refractivity contribution in [2.45, 2.75) is 38.0 Å². The zero-order chi connectivity index (χ0) is 31.5. The second-order valence-corrected chi connectivity index (χ2v) is 15.9. The van der Waals surface area contributed by atoms with Crippen molar-refractivity contribution in [3.05, 3.63) is 109 Å². The van der Waals surface area contributed by atoms with Crippen LogP contribution in [-0.4, -0.2) is 47.4 Å². The topological polar surface area (TPSA) is 89.3 Å². The Morgan fingerprint density at radius 2 is 1.50 bits per heavy atom. The summed E-state index contributed by atoms with van der Waals surface area (Å²) in [5.41, 5.74) is 0.621. The van der Waals surface area contributed by atoms with Gasteiger partial charge in [0.2, 0.25) is 0 Å². The molecule has 0 aliphatic heterocycles. The van der Waals surface area contributed by atoms with Crippen LogP contribution in [-0.2, 0) is 10.6 Å². The summed E-state index contributed by atoms with van der Waals surface area (Å²) in [6.45, 7) is 6.51. The van der Waals surface area contributed by atoms with E-state index < -0.39 is 32.2 Å². The molecule has 11 heteroatoms. The van der Waals surface area contributed by atoms with E-state index in [1.807, 2.05) is 36.4 Å². The van der Waals surface area contributed by atoms with E-state index in [1.165, 1.54) is 12.1 Å². The van der Waals surface area contributed by atoms with Crippen LogP contribution in [0.25, 0.3) is 22.3 Å². The molecule has 0 radical (unpaired) electrons. The van der Waals surface area contributed by atoms with Gasteiger partial charge in [-0.2, -0.15) is 18.3 Å². The maximum Gasteiger partial charge on any atom is 0.416 e. The number of fused-ring (bicyclic) bond motifs is 1. The zero-order valence-corrected chi connectivity index (χ0v) is 25.5. The molecule has 0 spiro atoms. The summed E-state index contributed by atoms with van der Waals surface area (Å²) in [5, 5.41) is 19.3. The van der Waals surface area contributed by atoms with E-state index in [0.29, 0.717) is 22.3 Å². The third-order valence-corrected chi connectivity index (χ3v) is 12.7. The van der Waals surface area contributed by atoms with E-state index in [4.69, 9.17) is 9.52 Å². The maximum absolute atomic E-state index is 13.2. The van der Waals surface area contributed by atoms with Gasteiger partial charge in [-0.3, -0.25) is 0 Å². The second-order valence-electron chi connectivity index (χ2n) is 11.6. The molecule has 2 heterocycles. The van der Waals surface area contributed by atoms with Crippen molar-refractivity contribution in [2.75, 3.05) is 13.2 Å². The summed E-state index contributed by atoms with van der Waals surface area (Å²) in [4.78, 5) is 16.2. The summed E-state index contributed by atoms with van der Waals surface area (Å²) < 4.78 is 48.5. The fourth-order valence-electron chi connectivity index (χ4n) is 5.66. The molecule has 0 bridgehead atoms. The first-order valence-corrected chi connectivity index (χ1v) is 16.1. The smallest absolute Gasteiger partial charge is 0.416 e. The highest BCUT2D eigenvalue weighted by Gasteiger charge is 2.50. The molecule has 5 aromatic rings. The van der Waals surface area contributed by atoms with Gasteiger partial charge in [0.25, 0.3) is 8.32 Å². The van der Waals surface area contributed by atoms with Gasteiger partial charge >= 0.3 is 12.3 Å². The van der Waals surface area contributed by atoms with Gasteiger partial charge in [0.15, 0.2) is 5.65 Å². The Kier molecular flexibility index (Phi) is 8.62. The van der Waals surface area contributed by atoms with Gasteiger partial charge in [-0.15, -0.1) is 0 Å². The third-order valence-electron chi connectivity index (χ3n) is 7.70. The van der Waals surface area contributed by atoms with Gasteiger partial charge in [-0.1, -0.05) is 93.6 Å². The number of nitrogens with one attached hydrogen (secondary N) is 1. The Morgan fingerprint density at radius 3 is 2.02 bits per heavy atom. The van der Waals surface area contributed by atoms with Crippen LogP contribution in [0.2, 0.25) is 5.04 Å². The van der Waals surface area contributed by atoms with E-state index in [2.05, 4.69) is 55.3 Å². The van der Waals surface area contributed by atoms with E-state index in [9.17, 15) is 23.1 Å². The van der Waals surface area contributed by atoms with Crippen molar-refractivity contribution in [1.82, 2.24) is 20.1 Å². The summed E-state index contributed by atoms with van der Waals surface area (Å²) in [7, 11) is -2.99. The van der Waals surface area contributed by atoms with Gasteiger partial charge in [-0.05, 0) is 39.7 Å². The number of nitrogens with zero attached hydrogens (tertiary/aromatic N) is 3. The van der Waals surface area contributed by atoms with Crippen LogP contribution in [0.1, 0.15) is 32.4 Å². The maximum atomic E-state index is 13.2. The molecule has 0 aliphatic rings. The molecule has 0 saturated carbocycles. The molecule has 1 atom stereocenters. The predicted octanol–water partition coefficient (Wildman–Crippen LogP) is 6.50. The number of carboxylic acid groups (broad SMARTS) is 1. The van der Waals surface area contributed by atoms with Gasteiger partial charge in [-0.25, -0.2) is 14.5 Å². The Bertz CT molecular complexity index is 1680. The second kappa shape index (κ2) is 12.3. The number of rotatable bonds is 9. The molecule has 44 heavy (non-hydrogen) atoms. The summed E-state index contributed by atoms with van der Waals surface area (Å²) in [6.07, 6.45) is -4.07. The Hall–Kier alpha value is -4.48. The number of hydrogen-bond acceptors (Lipinski definition) is 4. The van der Waals surface area contributed by atoms with Crippen molar-refractivity contribution >= 4 is 35.8 Å². The monoisotopic (exact) mass is 618 g/mol. The molecule has 0 saturated heterocycles. The molecular formula is C33H33F3N4O3Si. The van der Waals surface area contributed by atoms with Crippen LogP contribution >= 0.6 is 0 Å². The van der Waals surface area contributed by atoms with Crippen molar-refractivity contribution in [3.8, 4) is 11.3 Å². The van der Waals surface area contributed by atoms with E-state index >= 15 is 0 Å². The number of alkyl halides is 3. The molecule has 2 N–H and O–H groups in total. The number of hydrogen-bond donors (Lipinski definition) is 2. The van der Waals surface area contributed by atoms with Gasteiger partial charge in [0.1, 0.15) is 5.69 Å². The van der Waals surface area contributed by atoms with Crippen molar-refractivity contribution in [1.29, 1.82) is 0 Å². The van der Waals surface area contributed by atoms with Gasteiger partial charge < -0.3 is 14.8 Å². The fourth-order valence-corrected chi connectivity index (χ4v) is 10.3. The summed E-state index contributed by atoms with van der Waals surface area (Å²) in [5.74, 6) is 0. The average Bonchev–Trinajstić information content (AvgIpc) is 3.38. The number of pyridine rings is 1. The highest BCUT2D eigenvalue weighted by atomic mass is 28.4. The summed E-state index contributed by atoms with van der Waals surface area (Å²) in [6, 6.07) is 27.8. The molecule has 0 fully saturated rings. The minimum absolute atomic E-state index is 0.0344. The van der Waals surface area contributed by atoms with Gasteiger partial charge in [0.05, 0.1) is 18.2 Å². The normalized spacial score (nSPS) is 13.1. The van der Waals surface area contributed by atoms with Crippen molar-refractivity contribution in [3.63, 3.8) is 0 Å². The third kappa shape index (κ3) is 6.11. The van der Waals surface area contributed by atoms with E-state index in [-0.39, 0.29) is 18.2 Å². The summed E-state index contributed by atoms with van der Waals surface area (Å²) >= 11 is 0. The first kappa shape index (κ1) is 31.0. The Balaban J connectivity index is 1.61. The van der Waals surface area contributed by atoms with Crippen LogP contribution in [0.15, 0.2) is 103 Å². The molecule has 5 rings (SSSR count). The van der Waals surface area contributed by atoms with E-state index in [0.717, 1.165) is 22.5 Å². The standard InChI is InChI=1S/C33H33F3N4O3Si/c1-32(2,3)44(26-11-6-4-7-12-26,27-13-8-5-9-14-27)43-22-25(21-38-31(41)42)40-30-28(15-10-20-37-30)29(39-40)23-16-18-24(19-17-23)33(34,35)36/h4-20,25,38H,21-22H2,1-3H3,(H,41,42). The van der Waals surface area contributed by atoms with Crippen LogP contribution in [0, 0.1) is 0 Å². The van der Waals surface area contributed by atoms with Crippen LogP contribution < -0.4 is 15.7 Å². The van der Waals surface area contributed by atoms with Crippen molar-refractivity contribution in [2.24, 2.45) is 0 Å². The highest BCUT2D eigenvalue weighted by Crippen LogP contribution is 2.38. The Labute approximate surface area is 254 Å². The number of aromatic nitrogens is 3. The zero-order valence-electron chi connectivity index (χ0n) is 24.5. The fraction of sp³-hybridized carbons (Fsp3) is 0.242. The molecule has 2 aromatic heterocycles. The number of benzene rings is 3. The lowest BCUT2D eigenvalue weighted by Crippen LogP contribution is -2.67. The quantitative estimate of drug-likeness (QED) is 0.184. The van der Waals surface area contributed by atoms with Crippen molar-refractivity contribution < 1.29 is 27.5 Å². The first-order valence-electron chi connectivity index (χ1n) is 14.1. The lowest BCUT2D eigenvalue weighted by Gasteiger charge is -2.43. The van der Waals surface area contributed by atoms with Crippen LogP contribution in [0.4, 0.5) is 18.0 Å². The number of halogens is 3. The highest BCUT2D eigenvalue weighted by molar-refractivity contribution is 6.99. The molecule has 1 amide bonds. The molecule has 1 unspecified atom stereocenters. The minimum atomic E-state index is -4.46. The first-order chi connectivity index (χ1) is 20.9. The molecule has 228 valence electrons. The number of amides is 1. The molecular weight excluding hydrogens is 585 g/mol. The average molecular weight is 619 g/mol. The molecule has 3 aromatic carbocycles. The van der Waals surface area contributed by atoms with Crippen LogP contribution in [0.3, 0.4) is 0 Å². The van der Waals surface area contributed by atoms with E-state index in [1.54, 1.807) is 23.0 Å². The largest absolute Gasteiger partial charge is 0.465 e. The van der Waals surface area contributed by atoms with Crippen LogP contribution in [0.5, 0.6) is 0 Å². The number of carbonyl (C=O) groups is 1. The Morgan fingerprint density at radius 1 is 0.909 bits per heavy atom. The SMILES string of the molecule is CC(C)(C)[Si](OCC(CNC(=O)O)n1nc(-c2ccc(C(F)(F)F)cc2)c2cccnc21)(c1ccccc1)c1ccccc1. The predicted molar refractivity (Wildman–Crippen MR) is 167 cm³/mol. The molecule has 7 nitrogen and oxygen atoms in total. The lowest BCUT2D eigenvalue weighted by atomic mass is 10.1. The minimum Gasteiger partial charge on any atom is -0.465 e.